The summed E-state index contributed by atoms with van der Waals surface area (Å²) in [5, 5.41) is 0. The standard InChI is InChI=1S/C12H21/c1-9-6-7-11(10(2)8-9)12(3,4)5/h8,10H,6-7H2,1-5H3. The van der Waals surface area contributed by atoms with Gasteiger partial charge in [0.1, 0.15) is 0 Å². The molecule has 1 rings (SSSR count). The van der Waals surface area contributed by atoms with Crippen molar-refractivity contribution in [2.75, 3.05) is 0 Å². The van der Waals surface area contributed by atoms with Crippen LogP contribution >= 0.6 is 0 Å². The summed E-state index contributed by atoms with van der Waals surface area (Å²) in [6.45, 7) is 11.5. The van der Waals surface area contributed by atoms with E-state index in [2.05, 4.69) is 40.7 Å². The highest BCUT2D eigenvalue weighted by atomic mass is 14.3. The molecule has 0 heteroatoms. The van der Waals surface area contributed by atoms with Crippen LogP contribution in [0.3, 0.4) is 0 Å². The van der Waals surface area contributed by atoms with Crippen LogP contribution in [0.1, 0.15) is 47.5 Å². The highest BCUT2D eigenvalue weighted by Gasteiger charge is 2.30. The molecule has 1 radical (unpaired) electrons. The van der Waals surface area contributed by atoms with Crippen molar-refractivity contribution in [3.63, 3.8) is 0 Å². The maximum atomic E-state index is 2.42. The first-order chi connectivity index (χ1) is 5.41. The predicted octanol–water partition coefficient (Wildman–Crippen LogP) is 3.98. The molecule has 0 saturated heterocycles. The summed E-state index contributed by atoms with van der Waals surface area (Å²) in [5.41, 5.74) is 1.96. The van der Waals surface area contributed by atoms with Crippen LogP contribution in [0.2, 0.25) is 0 Å². The van der Waals surface area contributed by atoms with Gasteiger partial charge in [-0.25, -0.2) is 0 Å². The molecule has 12 heavy (non-hydrogen) atoms. The molecule has 0 aromatic carbocycles. The highest BCUT2D eigenvalue weighted by molar-refractivity contribution is 5.19. The first-order valence-corrected chi connectivity index (χ1v) is 4.95. The lowest BCUT2D eigenvalue weighted by Crippen LogP contribution is -2.26. The van der Waals surface area contributed by atoms with Gasteiger partial charge in [-0.05, 0) is 37.0 Å². The van der Waals surface area contributed by atoms with E-state index in [1.54, 1.807) is 11.5 Å². The van der Waals surface area contributed by atoms with E-state index in [0.717, 1.165) is 0 Å². The molecule has 0 aromatic heterocycles. The van der Waals surface area contributed by atoms with Crippen LogP contribution in [0.4, 0.5) is 0 Å². The summed E-state index contributed by atoms with van der Waals surface area (Å²) >= 11 is 0. The second-order valence-corrected chi connectivity index (χ2v) is 5.08. The van der Waals surface area contributed by atoms with E-state index >= 15 is 0 Å². The number of hydrogen-bond donors (Lipinski definition) is 0. The Balaban J connectivity index is 2.72. The van der Waals surface area contributed by atoms with E-state index in [4.69, 9.17) is 0 Å². The zero-order valence-corrected chi connectivity index (χ0v) is 9.07. The van der Waals surface area contributed by atoms with Crippen molar-refractivity contribution in [1.82, 2.24) is 0 Å². The second-order valence-electron chi connectivity index (χ2n) is 5.08. The molecule has 0 amide bonds. The fourth-order valence-corrected chi connectivity index (χ4v) is 2.23. The smallest absolute Gasteiger partial charge is 0.0118 e. The van der Waals surface area contributed by atoms with Gasteiger partial charge < -0.3 is 0 Å². The molecule has 1 aliphatic carbocycles. The Morgan fingerprint density at radius 1 is 1.25 bits per heavy atom. The van der Waals surface area contributed by atoms with Crippen LogP contribution in [-0.2, 0) is 0 Å². The van der Waals surface area contributed by atoms with Gasteiger partial charge in [0.2, 0.25) is 0 Å². The zero-order chi connectivity index (χ0) is 9.35. The van der Waals surface area contributed by atoms with Gasteiger partial charge in [-0.2, -0.15) is 0 Å². The molecule has 0 aromatic rings. The van der Waals surface area contributed by atoms with E-state index < -0.39 is 0 Å². The van der Waals surface area contributed by atoms with Crippen LogP contribution in [0, 0.1) is 17.3 Å². The summed E-state index contributed by atoms with van der Waals surface area (Å²) in [6, 6.07) is 0. The Hall–Kier alpha value is -0.260. The SMILES string of the molecule is CC1=CC(C)[C](C(C)(C)C)CC1. The minimum absolute atomic E-state index is 0.399. The van der Waals surface area contributed by atoms with Crippen LogP contribution in [-0.4, -0.2) is 0 Å². The monoisotopic (exact) mass is 165 g/mol. The van der Waals surface area contributed by atoms with E-state index in [1.807, 2.05) is 0 Å². The molecular formula is C12H21. The summed E-state index contributed by atoms with van der Waals surface area (Å²) in [7, 11) is 0. The summed E-state index contributed by atoms with van der Waals surface area (Å²) in [5.74, 6) is 2.41. The molecule has 0 saturated carbocycles. The quantitative estimate of drug-likeness (QED) is 0.476. The van der Waals surface area contributed by atoms with Crippen LogP contribution in [0.15, 0.2) is 11.6 Å². The third-order valence-corrected chi connectivity index (χ3v) is 2.84. The Labute approximate surface area is 77.1 Å². The number of rotatable bonds is 0. The molecule has 0 bridgehead atoms. The molecule has 1 unspecified atom stereocenters. The topological polar surface area (TPSA) is 0 Å². The molecule has 1 atom stereocenters. The van der Waals surface area contributed by atoms with E-state index in [9.17, 15) is 0 Å². The molecule has 1 aliphatic rings. The molecule has 0 N–H and O–H groups in total. The number of hydrogen-bond acceptors (Lipinski definition) is 0. The second kappa shape index (κ2) is 3.24. The van der Waals surface area contributed by atoms with Crippen molar-refractivity contribution in [1.29, 1.82) is 0 Å². The molecule has 0 spiro atoms. The Morgan fingerprint density at radius 2 is 1.83 bits per heavy atom. The lowest BCUT2D eigenvalue weighted by Gasteiger charge is -2.36. The van der Waals surface area contributed by atoms with Crippen molar-refractivity contribution < 1.29 is 0 Å². The van der Waals surface area contributed by atoms with Gasteiger partial charge in [-0.1, -0.05) is 39.3 Å². The van der Waals surface area contributed by atoms with Crippen molar-refractivity contribution in [2.45, 2.75) is 47.5 Å². The third kappa shape index (κ3) is 2.12. The average molecular weight is 165 g/mol. The van der Waals surface area contributed by atoms with Gasteiger partial charge in [-0.3, -0.25) is 0 Å². The summed E-state index contributed by atoms with van der Waals surface area (Å²) in [6.07, 6.45) is 4.99. The largest absolute Gasteiger partial charge is 0.0822 e. The first-order valence-electron chi connectivity index (χ1n) is 4.95. The van der Waals surface area contributed by atoms with Crippen LogP contribution in [0.5, 0.6) is 0 Å². The Morgan fingerprint density at radius 3 is 2.25 bits per heavy atom. The molecule has 0 heterocycles. The molecule has 0 nitrogen and oxygen atoms in total. The minimum atomic E-state index is 0.399. The van der Waals surface area contributed by atoms with E-state index in [-0.39, 0.29) is 0 Å². The van der Waals surface area contributed by atoms with Gasteiger partial charge >= 0.3 is 0 Å². The molecule has 69 valence electrons. The van der Waals surface area contributed by atoms with Crippen LogP contribution in [0.25, 0.3) is 0 Å². The summed E-state index contributed by atoms with van der Waals surface area (Å²) in [4.78, 5) is 0. The highest BCUT2D eigenvalue weighted by Crippen LogP contribution is 2.42. The predicted molar refractivity (Wildman–Crippen MR) is 54.9 cm³/mol. The Bertz CT molecular complexity index is 181. The van der Waals surface area contributed by atoms with Gasteiger partial charge in [0, 0.05) is 0 Å². The first kappa shape index (κ1) is 9.83. The third-order valence-electron chi connectivity index (χ3n) is 2.84. The summed E-state index contributed by atoms with van der Waals surface area (Å²) < 4.78 is 0. The maximum Gasteiger partial charge on any atom is -0.0118 e. The minimum Gasteiger partial charge on any atom is -0.0822 e. The van der Waals surface area contributed by atoms with E-state index in [1.165, 1.54) is 12.8 Å². The van der Waals surface area contributed by atoms with Crippen molar-refractivity contribution in [3.8, 4) is 0 Å². The molecule has 0 fully saturated rings. The zero-order valence-electron chi connectivity index (χ0n) is 9.07. The Kier molecular flexibility index (Phi) is 2.65. The fourth-order valence-electron chi connectivity index (χ4n) is 2.23. The van der Waals surface area contributed by atoms with Gasteiger partial charge in [0.05, 0.1) is 0 Å². The fraction of sp³-hybridized carbons (Fsp3) is 0.750. The lowest BCUT2D eigenvalue weighted by atomic mass is 9.68. The van der Waals surface area contributed by atoms with Gasteiger partial charge in [0.25, 0.3) is 0 Å². The van der Waals surface area contributed by atoms with Gasteiger partial charge in [0.15, 0.2) is 0 Å². The van der Waals surface area contributed by atoms with Gasteiger partial charge in [-0.15, -0.1) is 0 Å². The molecule has 0 aliphatic heterocycles. The van der Waals surface area contributed by atoms with Crippen LogP contribution < -0.4 is 0 Å². The van der Waals surface area contributed by atoms with E-state index in [0.29, 0.717) is 11.3 Å². The number of allylic oxidation sites excluding steroid dienone is 2. The van der Waals surface area contributed by atoms with Crippen molar-refractivity contribution in [2.24, 2.45) is 11.3 Å². The van der Waals surface area contributed by atoms with Crippen molar-refractivity contribution in [3.05, 3.63) is 17.6 Å². The van der Waals surface area contributed by atoms with Crippen molar-refractivity contribution >= 4 is 0 Å². The lowest BCUT2D eigenvalue weighted by molar-refractivity contribution is 0.348. The molecular weight excluding hydrogens is 144 g/mol. The average Bonchev–Trinajstić information content (AvgIpc) is 1.83. The normalized spacial score (nSPS) is 27.1. The maximum absolute atomic E-state index is 2.42.